The van der Waals surface area contributed by atoms with Crippen molar-refractivity contribution in [1.29, 1.82) is 0 Å². The van der Waals surface area contributed by atoms with Crippen LogP contribution in [0.4, 0.5) is 4.39 Å². The van der Waals surface area contributed by atoms with Gasteiger partial charge in [0.05, 0.1) is 0 Å². The Morgan fingerprint density at radius 3 is 2.71 bits per heavy atom. The average Bonchev–Trinajstić information content (AvgIpc) is 2.04. The predicted octanol–water partition coefficient (Wildman–Crippen LogP) is 3.59. The zero-order chi connectivity index (χ0) is 9.84. The Balaban J connectivity index is 0.00000169. The molecule has 1 nitrogen and oxygen atoms in total. The molecule has 0 amide bonds. The van der Waals surface area contributed by atoms with Gasteiger partial charge in [-0.05, 0) is 24.1 Å². The Bertz CT molecular complexity index is 317. The van der Waals surface area contributed by atoms with Gasteiger partial charge in [-0.15, -0.1) is 19.0 Å². The first-order chi connectivity index (χ1) is 6.15. The van der Waals surface area contributed by atoms with Crippen LogP contribution in [0.3, 0.4) is 0 Å². The standard InChI is InChI=1S/C10H11BrFN.ClH/c1-2-3-10(13)8-5-4-7(12)6-9(8)11;/h2,4-6,10H,1,3,13H2;1H/t10-;/m1./s1. The highest BCUT2D eigenvalue weighted by molar-refractivity contribution is 9.10. The van der Waals surface area contributed by atoms with Crippen LogP contribution < -0.4 is 5.73 Å². The minimum atomic E-state index is -0.263. The summed E-state index contributed by atoms with van der Waals surface area (Å²) in [6, 6.07) is 4.39. The van der Waals surface area contributed by atoms with Gasteiger partial charge in [0, 0.05) is 10.5 Å². The SMILES string of the molecule is C=CC[C@@H](N)c1ccc(F)cc1Br.Cl. The second-order valence-electron chi connectivity index (χ2n) is 2.80. The van der Waals surface area contributed by atoms with E-state index in [1.165, 1.54) is 12.1 Å². The lowest BCUT2D eigenvalue weighted by atomic mass is 10.1. The molecule has 0 aromatic heterocycles. The first-order valence-corrected chi connectivity index (χ1v) is 4.76. The Morgan fingerprint density at radius 1 is 1.57 bits per heavy atom. The van der Waals surface area contributed by atoms with Crippen molar-refractivity contribution in [3.05, 3.63) is 46.7 Å². The van der Waals surface area contributed by atoms with Crippen molar-refractivity contribution >= 4 is 28.3 Å². The molecule has 0 radical (unpaired) electrons. The number of rotatable bonds is 3. The molecule has 0 saturated carbocycles. The Kier molecular flexibility index (Phi) is 6.00. The van der Waals surface area contributed by atoms with Gasteiger partial charge in [0.1, 0.15) is 5.82 Å². The third-order valence-electron chi connectivity index (χ3n) is 1.78. The third kappa shape index (κ3) is 3.40. The lowest BCUT2D eigenvalue weighted by Gasteiger charge is -2.11. The molecule has 0 fully saturated rings. The van der Waals surface area contributed by atoms with Crippen molar-refractivity contribution < 1.29 is 4.39 Å². The van der Waals surface area contributed by atoms with E-state index < -0.39 is 0 Å². The van der Waals surface area contributed by atoms with Crippen molar-refractivity contribution in [1.82, 2.24) is 0 Å². The smallest absolute Gasteiger partial charge is 0.124 e. The van der Waals surface area contributed by atoms with E-state index in [1.807, 2.05) is 0 Å². The van der Waals surface area contributed by atoms with E-state index >= 15 is 0 Å². The summed E-state index contributed by atoms with van der Waals surface area (Å²) in [5.41, 5.74) is 6.74. The van der Waals surface area contributed by atoms with Crippen molar-refractivity contribution in [2.75, 3.05) is 0 Å². The van der Waals surface area contributed by atoms with Gasteiger partial charge in [0.2, 0.25) is 0 Å². The van der Waals surface area contributed by atoms with Crippen LogP contribution in [0, 0.1) is 5.82 Å². The van der Waals surface area contributed by atoms with Crippen molar-refractivity contribution in [3.63, 3.8) is 0 Å². The van der Waals surface area contributed by atoms with Crippen LogP contribution >= 0.6 is 28.3 Å². The molecule has 0 heterocycles. The molecule has 0 spiro atoms. The summed E-state index contributed by atoms with van der Waals surface area (Å²) in [6.07, 6.45) is 2.44. The van der Waals surface area contributed by atoms with Gasteiger partial charge in [-0.3, -0.25) is 0 Å². The Labute approximate surface area is 97.7 Å². The molecule has 78 valence electrons. The van der Waals surface area contributed by atoms with Crippen molar-refractivity contribution in [3.8, 4) is 0 Å². The molecule has 4 heteroatoms. The van der Waals surface area contributed by atoms with E-state index in [9.17, 15) is 4.39 Å². The van der Waals surface area contributed by atoms with Crippen LogP contribution in [0.15, 0.2) is 35.3 Å². The second-order valence-corrected chi connectivity index (χ2v) is 3.65. The van der Waals surface area contributed by atoms with E-state index in [1.54, 1.807) is 12.1 Å². The molecule has 1 aromatic rings. The third-order valence-corrected chi connectivity index (χ3v) is 2.47. The summed E-state index contributed by atoms with van der Waals surface area (Å²) in [7, 11) is 0. The molecule has 2 N–H and O–H groups in total. The Hall–Kier alpha value is -0.380. The largest absolute Gasteiger partial charge is 0.324 e. The maximum Gasteiger partial charge on any atom is 0.124 e. The molecule has 0 unspecified atom stereocenters. The highest BCUT2D eigenvalue weighted by Gasteiger charge is 2.08. The van der Waals surface area contributed by atoms with E-state index in [0.29, 0.717) is 10.9 Å². The minimum absolute atomic E-state index is 0. The van der Waals surface area contributed by atoms with Gasteiger partial charge < -0.3 is 5.73 Å². The zero-order valence-electron chi connectivity index (χ0n) is 7.54. The summed E-state index contributed by atoms with van der Waals surface area (Å²) in [4.78, 5) is 0. The van der Waals surface area contributed by atoms with Gasteiger partial charge in [0.15, 0.2) is 0 Å². The molecular weight excluding hydrogens is 268 g/mol. The fourth-order valence-corrected chi connectivity index (χ4v) is 1.75. The summed E-state index contributed by atoms with van der Waals surface area (Å²) in [5, 5.41) is 0. The maximum atomic E-state index is 12.7. The fourth-order valence-electron chi connectivity index (χ4n) is 1.11. The van der Waals surface area contributed by atoms with Crippen LogP contribution in [0.25, 0.3) is 0 Å². The van der Waals surface area contributed by atoms with E-state index in [0.717, 1.165) is 5.56 Å². The lowest BCUT2D eigenvalue weighted by molar-refractivity contribution is 0.623. The molecule has 1 atom stereocenters. The predicted molar refractivity (Wildman–Crippen MR) is 63.1 cm³/mol. The first-order valence-electron chi connectivity index (χ1n) is 3.96. The summed E-state index contributed by atoms with van der Waals surface area (Å²) >= 11 is 3.26. The molecule has 0 aliphatic rings. The van der Waals surface area contributed by atoms with Gasteiger partial charge in [-0.25, -0.2) is 4.39 Å². The number of hydrogen-bond donors (Lipinski definition) is 1. The topological polar surface area (TPSA) is 26.0 Å². The number of nitrogens with two attached hydrogens (primary N) is 1. The lowest BCUT2D eigenvalue weighted by Crippen LogP contribution is -2.09. The highest BCUT2D eigenvalue weighted by atomic mass is 79.9. The molecule has 0 aliphatic carbocycles. The average molecular weight is 281 g/mol. The second kappa shape index (κ2) is 6.17. The van der Waals surface area contributed by atoms with Gasteiger partial charge in [0.25, 0.3) is 0 Å². The van der Waals surface area contributed by atoms with Crippen molar-refractivity contribution in [2.24, 2.45) is 5.73 Å². The van der Waals surface area contributed by atoms with E-state index in [-0.39, 0.29) is 24.3 Å². The molecule has 0 saturated heterocycles. The van der Waals surface area contributed by atoms with Crippen molar-refractivity contribution in [2.45, 2.75) is 12.5 Å². The fraction of sp³-hybridized carbons (Fsp3) is 0.200. The normalized spacial score (nSPS) is 11.6. The van der Waals surface area contributed by atoms with Crippen LogP contribution in [0.2, 0.25) is 0 Å². The number of benzene rings is 1. The van der Waals surface area contributed by atoms with Crippen LogP contribution in [0.5, 0.6) is 0 Å². The van der Waals surface area contributed by atoms with Crippen LogP contribution in [0.1, 0.15) is 18.0 Å². The maximum absolute atomic E-state index is 12.7. The minimum Gasteiger partial charge on any atom is -0.324 e. The highest BCUT2D eigenvalue weighted by Crippen LogP contribution is 2.24. The molecule has 0 bridgehead atoms. The number of hydrogen-bond acceptors (Lipinski definition) is 1. The summed E-state index contributed by atoms with van der Waals surface area (Å²) < 4.78 is 13.4. The Morgan fingerprint density at radius 2 is 2.21 bits per heavy atom. The summed E-state index contributed by atoms with van der Waals surface area (Å²) in [5.74, 6) is -0.263. The quantitative estimate of drug-likeness (QED) is 0.841. The molecule has 14 heavy (non-hydrogen) atoms. The molecule has 1 aromatic carbocycles. The van der Waals surface area contributed by atoms with E-state index in [2.05, 4.69) is 22.5 Å². The molecular formula is C10H12BrClFN. The van der Waals surface area contributed by atoms with Gasteiger partial charge >= 0.3 is 0 Å². The van der Waals surface area contributed by atoms with Crippen LogP contribution in [-0.2, 0) is 0 Å². The molecule has 1 rings (SSSR count). The van der Waals surface area contributed by atoms with Crippen LogP contribution in [-0.4, -0.2) is 0 Å². The molecule has 0 aliphatic heterocycles. The van der Waals surface area contributed by atoms with Gasteiger partial charge in [-0.2, -0.15) is 0 Å². The van der Waals surface area contributed by atoms with E-state index in [4.69, 9.17) is 5.73 Å². The monoisotopic (exact) mass is 279 g/mol. The first kappa shape index (κ1) is 13.6. The zero-order valence-corrected chi connectivity index (χ0v) is 9.94. The number of halogens is 3. The van der Waals surface area contributed by atoms with Gasteiger partial charge in [-0.1, -0.05) is 28.1 Å². The summed E-state index contributed by atoms with van der Waals surface area (Å²) in [6.45, 7) is 3.60.